The summed E-state index contributed by atoms with van der Waals surface area (Å²) in [7, 11) is 0. The van der Waals surface area contributed by atoms with Crippen LogP contribution >= 0.6 is 22.9 Å². The molecule has 0 fully saturated rings. The monoisotopic (exact) mass is 331 g/mol. The lowest BCUT2D eigenvalue weighted by molar-refractivity contribution is -0.389. The van der Waals surface area contributed by atoms with Crippen LogP contribution in [-0.2, 0) is 11.3 Å². The van der Waals surface area contributed by atoms with Gasteiger partial charge in [0, 0.05) is 0 Å². The van der Waals surface area contributed by atoms with Crippen LogP contribution in [0.3, 0.4) is 0 Å². The van der Waals surface area contributed by atoms with Crippen LogP contribution in [0.25, 0.3) is 0 Å². The van der Waals surface area contributed by atoms with Gasteiger partial charge in [-0.15, -0.1) is 11.3 Å². The molecule has 0 atom stereocenters. The zero-order valence-corrected chi connectivity index (χ0v) is 11.8. The number of rotatable bonds is 5. The molecule has 2 aromatic heterocycles. The highest BCUT2D eigenvalue weighted by Gasteiger charge is 2.20. The maximum atomic E-state index is 12.7. The van der Waals surface area contributed by atoms with Gasteiger partial charge in [-0.2, -0.15) is 14.2 Å². The Balaban J connectivity index is 1.91. The third-order valence-electron chi connectivity index (χ3n) is 2.15. The Morgan fingerprint density at radius 2 is 2.43 bits per heavy atom. The van der Waals surface area contributed by atoms with Gasteiger partial charge in [-0.1, -0.05) is 11.6 Å². The number of thiophene rings is 1. The number of nitrogens with one attached hydrogen (secondary N) is 1. The number of halogens is 2. The quantitative estimate of drug-likeness (QED) is 0.512. The fraction of sp³-hybridized carbons (Fsp3) is 0.100. The van der Waals surface area contributed by atoms with Crippen molar-refractivity contribution >= 4 is 40.9 Å². The Morgan fingerprint density at radius 3 is 3.00 bits per heavy atom. The van der Waals surface area contributed by atoms with Gasteiger partial charge < -0.3 is 10.1 Å². The molecule has 0 aliphatic rings. The molecule has 0 aliphatic heterocycles. The van der Waals surface area contributed by atoms with Gasteiger partial charge in [0.05, 0.1) is 22.4 Å². The summed E-state index contributed by atoms with van der Waals surface area (Å²) in [5.41, 5.74) is 2.19. The smallest absolute Gasteiger partial charge is 0.358 e. The van der Waals surface area contributed by atoms with Crippen molar-refractivity contribution in [3.05, 3.63) is 43.5 Å². The number of carbonyl (C=O) groups is 1. The molecule has 1 amide bonds. The van der Waals surface area contributed by atoms with Crippen LogP contribution in [0.1, 0.15) is 4.88 Å². The van der Waals surface area contributed by atoms with E-state index < -0.39 is 16.6 Å². The van der Waals surface area contributed by atoms with E-state index >= 15 is 0 Å². The molecule has 2 aromatic rings. The zero-order valence-electron chi connectivity index (χ0n) is 10.2. The van der Waals surface area contributed by atoms with E-state index in [1.165, 1.54) is 18.3 Å². The lowest BCUT2D eigenvalue weighted by Gasteiger charge is -1.96. The molecule has 0 radical (unpaired) electrons. The summed E-state index contributed by atoms with van der Waals surface area (Å²) in [6.45, 7) is -0.288. The molecule has 0 aromatic carbocycles. The summed E-state index contributed by atoms with van der Waals surface area (Å²) in [5.74, 6) is -1.08. The molecule has 1 N–H and O–H groups in total. The maximum Gasteiger partial charge on any atom is 0.408 e. The van der Waals surface area contributed by atoms with Crippen molar-refractivity contribution in [1.82, 2.24) is 15.2 Å². The number of hydrogen-bond acceptors (Lipinski definition) is 6. The van der Waals surface area contributed by atoms with Gasteiger partial charge in [0.2, 0.25) is 0 Å². The van der Waals surface area contributed by atoms with Crippen LogP contribution in [0.2, 0.25) is 5.02 Å². The Bertz CT molecular complexity index is 713. The van der Waals surface area contributed by atoms with Gasteiger partial charge in [0.1, 0.15) is 6.54 Å². The van der Waals surface area contributed by atoms with Crippen molar-refractivity contribution in [2.24, 2.45) is 5.10 Å². The second-order valence-electron chi connectivity index (χ2n) is 3.69. The van der Waals surface area contributed by atoms with Gasteiger partial charge in [-0.05, 0) is 17.1 Å². The predicted octanol–water partition coefficient (Wildman–Crippen LogP) is 1.80. The molecule has 0 saturated carbocycles. The normalized spacial score (nSPS) is 11.0. The Labute approximate surface area is 126 Å². The number of amides is 1. The minimum Gasteiger partial charge on any atom is -0.358 e. The summed E-state index contributed by atoms with van der Waals surface area (Å²) in [4.78, 5) is 21.9. The standard InChI is InChI=1S/C10H7ClFN5O3S/c11-7-4-16(15-10(7)17(19)20)5-9(18)14-13-3-6-1-2-8(12)21-6/h1-4H,5H2,(H,14,18)/b13-3-. The first-order chi connectivity index (χ1) is 9.95. The molecular weight excluding hydrogens is 325 g/mol. The van der Waals surface area contributed by atoms with Gasteiger partial charge in [0.25, 0.3) is 5.91 Å². The average Bonchev–Trinajstić information content (AvgIpc) is 2.96. The third-order valence-corrected chi connectivity index (χ3v) is 3.23. The SMILES string of the molecule is O=C(Cn1cc(Cl)c([N+](=O)[O-])n1)N/N=C\c1ccc(F)s1. The lowest BCUT2D eigenvalue weighted by atomic mass is 10.5. The number of hydrazone groups is 1. The van der Waals surface area contributed by atoms with Crippen molar-refractivity contribution in [2.45, 2.75) is 6.54 Å². The van der Waals surface area contributed by atoms with Crippen molar-refractivity contribution in [2.75, 3.05) is 0 Å². The highest BCUT2D eigenvalue weighted by atomic mass is 35.5. The molecule has 8 nitrogen and oxygen atoms in total. The number of carbonyl (C=O) groups excluding carboxylic acids is 1. The maximum absolute atomic E-state index is 12.7. The summed E-state index contributed by atoms with van der Waals surface area (Å²) in [6, 6.07) is 2.78. The largest absolute Gasteiger partial charge is 0.408 e. The summed E-state index contributed by atoms with van der Waals surface area (Å²) in [5, 5.41) is 17.2. The van der Waals surface area contributed by atoms with Gasteiger partial charge in [-0.25, -0.2) is 5.43 Å². The zero-order chi connectivity index (χ0) is 15.4. The molecule has 11 heteroatoms. The third kappa shape index (κ3) is 4.07. The molecule has 0 saturated heterocycles. The first kappa shape index (κ1) is 15.1. The van der Waals surface area contributed by atoms with E-state index in [1.54, 1.807) is 0 Å². The fourth-order valence-corrected chi connectivity index (χ4v) is 2.16. The molecule has 2 rings (SSSR count). The van der Waals surface area contributed by atoms with Crippen LogP contribution in [0.4, 0.5) is 10.2 Å². The Kier molecular flexibility index (Phi) is 4.60. The molecule has 0 bridgehead atoms. The van der Waals surface area contributed by atoms with Crippen molar-refractivity contribution < 1.29 is 14.1 Å². The van der Waals surface area contributed by atoms with Crippen LogP contribution < -0.4 is 5.43 Å². The molecule has 0 unspecified atom stereocenters. The molecule has 21 heavy (non-hydrogen) atoms. The topological polar surface area (TPSA) is 102 Å². The van der Waals surface area contributed by atoms with Crippen LogP contribution in [0.15, 0.2) is 23.4 Å². The molecular formula is C10H7ClFN5O3S. The summed E-state index contributed by atoms with van der Waals surface area (Å²) >= 11 is 6.46. The van der Waals surface area contributed by atoms with E-state index in [1.807, 2.05) is 0 Å². The Hall–Kier alpha value is -2.33. The highest BCUT2D eigenvalue weighted by molar-refractivity contribution is 7.12. The Morgan fingerprint density at radius 1 is 1.67 bits per heavy atom. The molecule has 2 heterocycles. The first-order valence-corrected chi connectivity index (χ1v) is 6.59. The summed E-state index contributed by atoms with van der Waals surface area (Å²) < 4.78 is 13.7. The predicted molar refractivity (Wildman–Crippen MR) is 73.9 cm³/mol. The first-order valence-electron chi connectivity index (χ1n) is 5.40. The lowest BCUT2D eigenvalue weighted by Crippen LogP contribution is -2.23. The van der Waals surface area contributed by atoms with Gasteiger partial charge >= 0.3 is 5.82 Å². The van der Waals surface area contributed by atoms with E-state index in [4.69, 9.17) is 11.6 Å². The second kappa shape index (κ2) is 6.41. The fourth-order valence-electron chi connectivity index (χ4n) is 1.34. The van der Waals surface area contributed by atoms with E-state index in [0.29, 0.717) is 4.88 Å². The highest BCUT2D eigenvalue weighted by Crippen LogP contribution is 2.20. The van der Waals surface area contributed by atoms with Crippen LogP contribution in [0, 0.1) is 15.2 Å². The number of nitro groups is 1. The number of aromatic nitrogens is 2. The van der Waals surface area contributed by atoms with Crippen molar-refractivity contribution in [1.29, 1.82) is 0 Å². The van der Waals surface area contributed by atoms with E-state index in [0.717, 1.165) is 22.2 Å². The second-order valence-corrected chi connectivity index (χ2v) is 5.16. The minimum atomic E-state index is -0.750. The molecule has 0 spiro atoms. The van der Waals surface area contributed by atoms with Gasteiger partial charge in [-0.3, -0.25) is 4.79 Å². The van der Waals surface area contributed by atoms with Gasteiger partial charge in [0.15, 0.2) is 10.2 Å². The van der Waals surface area contributed by atoms with Crippen molar-refractivity contribution in [3.63, 3.8) is 0 Å². The molecule has 110 valence electrons. The van der Waals surface area contributed by atoms with E-state index in [2.05, 4.69) is 15.6 Å². The van der Waals surface area contributed by atoms with Crippen LogP contribution in [0.5, 0.6) is 0 Å². The van der Waals surface area contributed by atoms with E-state index in [9.17, 15) is 19.3 Å². The van der Waals surface area contributed by atoms with Crippen LogP contribution in [-0.4, -0.2) is 26.8 Å². The average molecular weight is 332 g/mol. The molecule has 0 aliphatic carbocycles. The van der Waals surface area contributed by atoms with E-state index in [-0.39, 0.29) is 16.7 Å². The number of nitrogens with zero attached hydrogens (tertiary/aromatic N) is 4. The number of hydrogen-bond donors (Lipinski definition) is 1. The summed E-state index contributed by atoms with van der Waals surface area (Å²) in [6.07, 6.45) is 2.45. The van der Waals surface area contributed by atoms with Crippen molar-refractivity contribution in [3.8, 4) is 0 Å². The minimum absolute atomic E-state index is 0.162.